The van der Waals surface area contributed by atoms with E-state index in [2.05, 4.69) is 10.1 Å². The highest BCUT2D eigenvalue weighted by molar-refractivity contribution is 5.97. The van der Waals surface area contributed by atoms with Gasteiger partial charge in [-0.25, -0.2) is 0 Å². The normalized spacial score (nSPS) is 11.6. The van der Waals surface area contributed by atoms with Gasteiger partial charge in [-0.3, -0.25) is 0 Å². The summed E-state index contributed by atoms with van der Waals surface area (Å²) in [6.07, 6.45) is 0.992. The Morgan fingerprint density at radius 1 is 1.39 bits per heavy atom. The van der Waals surface area contributed by atoms with Crippen LogP contribution in [0, 0.1) is 0 Å². The lowest BCUT2D eigenvalue weighted by molar-refractivity contribution is 0.146. The minimum absolute atomic E-state index is 0.126. The molecule has 18 heavy (non-hydrogen) atoms. The van der Waals surface area contributed by atoms with E-state index in [1.54, 1.807) is 0 Å². The van der Waals surface area contributed by atoms with Crippen LogP contribution >= 0.6 is 0 Å². The third-order valence-corrected chi connectivity index (χ3v) is 2.70. The van der Waals surface area contributed by atoms with Gasteiger partial charge in [0.1, 0.15) is 0 Å². The van der Waals surface area contributed by atoms with Crippen molar-refractivity contribution in [3.8, 4) is 0 Å². The zero-order valence-electron chi connectivity index (χ0n) is 11.0. The highest BCUT2D eigenvalue weighted by Crippen LogP contribution is 2.14. The predicted molar refractivity (Wildman–Crippen MR) is 73.3 cm³/mol. The van der Waals surface area contributed by atoms with Gasteiger partial charge in [0.2, 0.25) is 0 Å². The molecule has 5 nitrogen and oxygen atoms in total. The average molecular weight is 251 g/mol. The van der Waals surface area contributed by atoms with Crippen molar-refractivity contribution in [2.24, 2.45) is 10.9 Å². The van der Waals surface area contributed by atoms with Crippen LogP contribution in [-0.2, 0) is 4.74 Å². The monoisotopic (exact) mass is 251 g/mol. The van der Waals surface area contributed by atoms with Crippen LogP contribution in [0.4, 0.5) is 5.69 Å². The molecule has 3 N–H and O–H groups in total. The fourth-order valence-corrected chi connectivity index (χ4v) is 1.62. The number of rotatable bonds is 7. The first kappa shape index (κ1) is 14.3. The van der Waals surface area contributed by atoms with Crippen LogP contribution in [0.5, 0.6) is 0 Å². The van der Waals surface area contributed by atoms with E-state index >= 15 is 0 Å². The number of hydrogen-bond donors (Lipinski definition) is 2. The zero-order chi connectivity index (χ0) is 13.4. The molecule has 0 unspecified atom stereocenters. The molecule has 0 fully saturated rings. The van der Waals surface area contributed by atoms with Crippen molar-refractivity contribution < 1.29 is 9.94 Å². The summed E-state index contributed by atoms with van der Waals surface area (Å²) in [5, 5.41) is 11.5. The summed E-state index contributed by atoms with van der Waals surface area (Å²) in [6.45, 7) is 4.47. The van der Waals surface area contributed by atoms with Gasteiger partial charge in [-0.2, -0.15) is 0 Å². The molecule has 0 aromatic heterocycles. The van der Waals surface area contributed by atoms with Crippen LogP contribution in [0.15, 0.2) is 29.4 Å². The fourth-order valence-electron chi connectivity index (χ4n) is 1.62. The minimum Gasteiger partial charge on any atom is -0.409 e. The van der Waals surface area contributed by atoms with Crippen LogP contribution in [0.2, 0.25) is 0 Å². The Balaban J connectivity index is 2.51. The minimum atomic E-state index is 0.126. The smallest absolute Gasteiger partial charge is 0.170 e. The highest BCUT2D eigenvalue weighted by atomic mass is 16.5. The first-order valence-electron chi connectivity index (χ1n) is 6.06. The lowest BCUT2D eigenvalue weighted by Crippen LogP contribution is -2.20. The molecule has 1 aromatic rings. The van der Waals surface area contributed by atoms with Crippen LogP contribution in [0.3, 0.4) is 0 Å². The molecule has 0 spiro atoms. The van der Waals surface area contributed by atoms with E-state index in [0.29, 0.717) is 5.56 Å². The molecule has 0 radical (unpaired) electrons. The number of oxime groups is 1. The number of amidine groups is 1. The molecule has 1 rings (SSSR count). The molecule has 0 saturated carbocycles. The molecule has 0 heterocycles. The Morgan fingerprint density at radius 3 is 2.61 bits per heavy atom. The maximum absolute atomic E-state index is 8.57. The first-order chi connectivity index (χ1) is 8.69. The lowest BCUT2D eigenvalue weighted by Gasteiger charge is -2.19. The summed E-state index contributed by atoms with van der Waals surface area (Å²) in [5.74, 6) is 0.126. The van der Waals surface area contributed by atoms with Crippen LogP contribution in [0.25, 0.3) is 0 Å². The summed E-state index contributed by atoms with van der Waals surface area (Å²) >= 11 is 0. The molecule has 1 aromatic carbocycles. The van der Waals surface area contributed by atoms with Gasteiger partial charge in [0, 0.05) is 38.1 Å². The van der Waals surface area contributed by atoms with Gasteiger partial charge in [0.15, 0.2) is 5.84 Å². The van der Waals surface area contributed by atoms with Crippen molar-refractivity contribution in [3.63, 3.8) is 0 Å². The summed E-state index contributed by atoms with van der Waals surface area (Å²) in [7, 11) is 2.03. The molecule has 0 aliphatic carbocycles. The zero-order valence-corrected chi connectivity index (χ0v) is 11.0. The van der Waals surface area contributed by atoms with Gasteiger partial charge < -0.3 is 20.6 Å². The van der Waals surface area contributed by atoms with Crippen molar-refractivity contribution in [3.05, 3.63) is 29.8 Å². The third kappa shape index (κ3) is 4.25. The van der Waals surface area contributed by atoms with E-state index in [-0.39, 0.29) is 5.84 Å². The molecule has 0 aliphatic rings. The number of nitrogens with zero attached hydrogens (tertiary/aromatic N) is 2. The second kappa shape index (κ2) is 7.55. The Morgan fingerprint density at radius 2 is 2.06 bits per heavy atom. The number of benzene rings is 1. The van der Waals surface area contributed by atoms with E-state index in [9.17, 15) is 0 Å². The predicted octanol–water partition coefficient (Wildman–Crippen LogP) is 1.64. The number of nitrogens with two attached hydrogens (primary N) is 1. The van der Waals surface area contributed by atoms with Crippen molar-refractivity contribution >= 4 is 11.5 Å². The van der Waals surface area contributed by atoms with Gasteiger partial charge in [0.05, 0.1) is 0 Å². The van der Waals surface area contributed by atoms with Gasteiger partial charge >= 0.3 is 0 Å². The molecule has 5 heteroatoms. The van der Waals surface area contributed by atoms with Gasteiger partial charge in [-0.15, -0.1) is 0 Å². The van der Waals surface area contributed by atoms with Gasteiger partial charge in [-0.05, 0) is 37.6 Å². The van der Waals surface area contributed by atoms with E-state index in [4.69, 9.17) is 15.7 Å². The summed E-state index contributed by atoms with van der Waals surface area (Å²) in [6, 6.07) is 7.58. The van der Waals surface area contributed by atoms with Crippen molar-refractivity contribution in [2.75, 3.05) is 31.7 Å². The molecule has 0 aliphatic heterocycles. The second-order valence-electron chi connectivity index (χ2n) is 4.00. The van der Waals surface area contributed by atoms with E-state index in [0.717, 1.165) is 31.9 Å². The molecular weight excluding hydrogens is 230 g/mol. The molecular formula is C13H21N3O2. The van der Waals surface area contributed by atoms with Gasteiger partial charge in [-0.1, -0.05) is 5.16 Å². The van der Waals surface area contributed by atoms with E-state index in [1.165, 1.54) is 0 Å². The third-order valence-electron chi connectivity index (χ3n) is 2.70. The van der Waals surface area contributed by atoms with Crippen LogP contribution in [-0.4, -0.2) is 37.8 Å². The Kier molecular flexibility index (Phi) is 6.00. The summed E-state index contributed by atoms with van der Waals surface area (Å²) < 4.78 is 5.30. The Bertz CT molecular complexity index is 376. The quantitative estimate of drug-likeness (QED) is 0.254. The molecule has 0 amide bonds. The first-order valence-corrected chi connectivity index (χ1v) is 6.06. The SMILES string of the molecule is CCOCCCN(C)c1ccc(C(N)=NO)cc1. The second-order valence-corrected chi connectivity index (χ2v) is 4.00. The largest absolute Gasteiger partial charge is 0.409 e. The summed E-state index contributed by atoms with van der Waals surface area (Å²) in [4.78, 5) is 2.15. The van der Waals surface area contributed by atoms with E-state index in [1.807, 2.05) is 38.2 Å². The van der Waals surface area contributed by atoms with Gasteiger partial charge in [0.25, 0.3) is 0 Å². The number of ether oxygens (including phenoxy) is 1. The molecule has 100 valence electrons. The Hall–Kier alpha value is -1.75. The maximum Gasteiger partial charge on any atom is 0.170 e. The maximum atomic E-state index is 8.57. The summed E-state index contributed by atoms with van der Waals surface area (Å²) in [5.41, 5.74) is 7.31. The van der Waals surface area contributed by atoms with Crippen molar-refractivity contribution in [1.29, 1.82) is 0 Å². The number of hydrogen-bond acceptors (Lipinski definition) is 4. The lowest BCUT2D eigenvalue weighted by atomic mass is 10.2. The Labute approximate surface area is 108 Å². The van der Waals surface area contributed by atoms with Crippen LogP contribution in [0.1, 0.15) is 18.9 Å². The molecule has 0 atom stereocenters. The fraction of sp³-hybridized carbons (Fsp3) is 0.462. The standard InChI is InChI=1S/C13H21N3O2/c1-3-18-10-4-9-16(2)12-7-5-11(6-8-12)13(14)15-17/h5-8,17H,3-4,9-10H2,1-2H3,(H2,14,15). The average Bonchev–Trinajstić information content (AvgIpc) is 2.42. The van der Waals surface area contributed by atoms with Crippen molar-refractivity contribution in [2.45, 2.75) is 13.3 Å². The highest BCUT2D eigenvalue weighted by Gasteiger charge is 2.02. The van der Waals surface area contributed by atoms with Crippen molar-refractivity contribution in [1.82, 2.24) is 0 Å². The van der Waals surface area contributed by atoms with Crippen LogP contribution < -0.4 is 10.6 Å². The topological polar surface area (TPSA) is 71.1 Å². The molecule has 0 bridgehead atoms. The molecule has 0 saturated heterocycles. The number of anilines is 1. The van der Waals surface area contributed by atoms with E-state index < -0.39 is 0 Å².